The van der Waals surface area contributed by atoms with Gasteiger partial charge in [0.25, 0.3) is 0 Å². The molecule has 1 atom stereocenters. The molecule has 0 aliphatic heterocycles. The van der Waals surface area contributed by atoms with Crippen LogP contribution in [-0.4, -0.2) is 55.0 Å². The van der Waals surface area contributed by atoms with Crippen LogP contribution >= 0.6 is 0 Å². The minimum atomic E-state index is -4.47. The first kappa shape index (κ1) is 22.6. The smallest absolute Gasteiger partial charge is 0.344 e. The lowest BCUT2D eigenvalue weighted by Crippen LogP contribution is -2.36. The van der Waals surface area contributed by atoms with Crippen LogP contribution in [0.2, 0.25) is 0 Å². The fourth-order valence-electron chi connectivity index (χ4n) is 3.38. The number of carbonyl (C=O) groups is 1. The van der Waals surface area contributed by atoms with Gasteiger partial charge in [-0.05, 0) is 36.9 Å². The van der Waals surface area contributed by atoms with Gasteiger partial charge in [-0.3, -0.25) is 4.79 Å². The molecule has 1 aromatic heterocycles. The number of aromatic nitrogens is 2. The number of hydrogen-bond donors (Lipinski definition) is 2. The summed E-state index contributed by atoms with van der Waals surface area (Å²) in [6.07, 6.45) is -4.46. The van der Waals surface area contributed by atoms with E-state index in [9.17, 15) is 18.0 Å². The van der Waals surface area contributed by atoms with Crippen molar-refractivity contribution in [1.29, 1.82) is 0 Å². The quantitative estimate of drug-likeness (QED) is 0.567. The standard InChI is InChI=1S/C22H26F3N5O/c1-26-11-12-29(2)20(31)14-19(15-7-6-8-16(13-15)22(23,24)25)30(3)21-27-17-9-4-5-10-18(17)28-21/h4-10,13,19,26H,11-12,14H2,1-3H3,(H,27,28). The molecule has 2 aromatic carbocycles. The van der Waals surface area contributed by atoms with E-state index in [-0.39, 0.29) is 12.3 Å². The van der Waals surface area contributed by atoms with E-state index in [1.54, 1.807) is 37.0 Å². The number of likely N-dealkylation sites (N-methyl/N-ethyl adjacent to an activating group) is 2. The van der Waals surface area contributed by atoms with E-state index < -0.39 is 17.8 Å². The lowest BCUT2D eigenvalue weighted by molar-refractivity contribution is -0.137. The second kappa shape index (κ2) is 9.38. The normalized spacial score (nSPS) is 12.7. The van der Waals surface area contributed by atoms with Crippen LogP contribution in [0.15, 0.2) is 48.5 Å². The summed E-state index contributed by atoms with van der Waals surface area (Å²) < 4.78 is 39.9. The Hall–Kier alpha value is -3.07. The van der Waals surface area contributed by atoms with Crippen LogP contribution in [0.3, 0.4) is 0 Å². The average molecular weight is 433 g/mol. The minimum absolute atomic E-state index is 0.00900. The molecule has 0 aliphatic carbocycles. The largest absolute Gasteiger partial charge is 0.416 e. The molecular formula is C22H26F3N5O. The highest BCUT2D eigenvalue weighted by Crippen LogP contribution is 2.34. The van der Waals surface area contributed by atoms with Crippen LogP contribution < -0.4 is 10.2 Å². The molecule has 0 aliphatic rings. The van der Waals surface area contributed by atoms with Crippen molar-refractivity contribution >= 4 is 22.9 Å². The van der Waals surface area contributed by atoms with Gasteiger partial charge in [-0.2, -0.15) is 13.2 Å². The van der Waals surface area contributed by atoms with Crippen LogP contribution in [0, 0.1) is 0 Å². The summed E-state index contributed by atoms with van der Waals surface area (Å²) in [6.45, 7) is 1.12. The summed E-state index contributed by atoms with van der Waals surface area (Å²) in [6, 6.07) is 11.9. The first-order valence-electron chi connectivity index (χ1n) is 9.94. The van der Waals surface area contributed by atoms with Gasteiger partial charge in [0, 0.05) is 27.2 Å². The minimum Gasteiger partial charge on any atom is -0.344 e. The van der Waals surface area contributed by atoms with E-state index in [2.05, 4.69) is 15.3 Å². The number of amides is 1. The predicted octanol–water partition coefficient (Wildman–Crippen LogP) is 3.83. The second-order valence-electron chi connectivity index (χ2n) is 7.45. The molecule has 3 aromatic rings. The number of carbonyl (C=O) groups excluding carboxylic acids is 1. The van der Waals surface area contributed by atoms with Gasteiger partial charge < -0.3 is 20.1 Å². The number of nitrogens with one attached hydrogen (secondary N) is 2. The van der Waals surface area contributed by atoms with Gasteiger partial charge in [0.2, 0.25) is 11.9 Å². The zero-order chi connectivity index (χ0) is 22.6. The van der Waals surface area contributed by atoms with Crippen LogP contribution in [0.1, 0.15) is 23.6 Å². The van der Waals surface area contributed by atoms with E-state index in [4.69, 9.17) is 0 Å². The van der Waals surface area contributed by atoms with Gasteiger partial charge in [-0.25, -0.2) is 4.98 Å². The van der Waals surface area contributed by atoms with Gasteiger partial charge in [-0.1, -0.05) is 24.3 Å². The number of nitrogens with zero attached hydrogens (tertiary/aromatic N) is 3. The molecule has 1 unspecified atom stereocenters. The third-order valence-electron chi connectivity index (χ3n) is 5.27. The first-order chi connectivity index (χ1) is 14.7. The van der Waals surface area contributed by atoms with Crippen molar-refractivity contribution in [1.82, 2.24) is 20.2 Å². The summed E-state index contributed by atoms with van der Waals surface area (Å²) in [5.74, 6) is 0.315. The second-order valence-corrected chi connectivity index (χ2v) is 7.45. The van der Waals surface area contributed by atoms with Crippen molar-refractivity contribution in [3.05, 3.63) is 59.7 Å². The van der Waals surface area contributed by atoms with Crippen molar-refractivity contribution in [2.45, 2.75) is 18.6 Å². The van der Waals surface area contributed by atoms with E-state index in [1.807, 2.05) is 24.3 Å². The van der Waals surface area contributed by atoms with Gasteiger partial charge in [-0.15, -0.1) is 0 Å². The Morgan fingerprint density at radius 1 is 1.16 bits per heavy atom. The third kappa shape index (κ3) is 5.35. The number of fused-ring (bicyclic) bond motifs is 1. The maximum atomic E-state index is 13.3. The number of para-hydroxylation sites is 2. The van der Waals surface area contributed by atoms with Crippen LogP contribution in [0.4, 0.5) is 19.1 Å². The number of anilines is 1. The molecule has 166 valence electrons. The lowest BCUT2D eigenvalue weighted by atomic mass is 9.99. The van der Waals surface area contributed by atoms with Crippen LogP contribution in [0.5, 0.6) is 0 Å². The third-order valence-corrected chi connectivity index (χ3v) is 5.27. The number of rotatable bonds is 8. The van der Waals surface area contributed by atoms with Crippen LogP contribution in [0.25, 0.3) is 11.0 Å². The molecule has 31 heavy (non-hydrogen) atoms. The number of imidazole rings is 1. The predicted molar refractivity (Wildman–Crippen MR) is 115 cm³/mol. The Morgan fingerprint density at radius 3 is 2.58 bits per heavy atom. The maximum Gasteiger partial charge on any atom is 0.416 e. The topological polar surface area (TPSA) is 64.3 Å². The van der Waals surface area contributed by atoms with Crippen molar-refractivity contribution < 1.29 is 18.0 Å². The van der Waals surface area contributed by atoms with Crippen molar-refractivity contribution in [3.8, 4) is 0 Å². The van der Waals surface area contributed by atoms with E-state index >= 15 is 0 Å². The Balaban J connectivity index is 1.96. The maximum absolute atomic E-state index is 13.3. The number of H-pyrrole nitrogens is 1. The summed E-state index contributed by atoms with van der Waals surface area (Å²) in [5.41, 5.74) is 1.20. The highest BCUT2D eigenvalue weighted by atomic mass is 19.4. The monoisotopic (exact) mass is 433 g/mol. The summed E-state index contributed by atoms with van der Waals surface area (Å²) in [7, 11) is 5.20. The van der Waals surface area contributed by atoms with E-state index in [0.29, 0.717) is 24.6 Å². The molecule has 2 N–H and O–H groups in total. The highest BCUT2D eigenvalue weighted by molar-refractivity contribution is 5.79. The molecule has 0 bridgehead atoms. The molecule has 0 saturated heterocycles. The van der Waals surface area contributed by atoms with E-state index in [1.165, 1.54) is 6.07 Å². The number of halogens is 3. The molecular weight excluding hydrogens is 407 g/mol. The molecule has 0 saturated carbocycles. The molecule has 1 amide bonds. The van der Waals surface area contributed by atoms with E-state index in [0.717, 1.165) is 23.2 Å². The molecule has 1 heterocycles. The van der Waals surface area contributed by atoms with Crippen molar-refractivity contribution in [2.75, 3.05) is 39.1 Å². The average Bonchev–Trinajstić information content (AvgIpc) is 3.19. The van der Waals surface area contributed by atoms with Gasteiger partial charge >= 0.3 is 6.18 Å². The molecule has 9 heteroatoms. The number of benzene rings is 2. The first-order valence-corrected chi connectivity index (χ1v) is 9.94. The fourth-order valence-corrected chi connectivity index (χ4v) is 3.38. The molecule has 0 radical (unpaired) electrons. The molecule has 0 spiro atoms. The Morgan fingerprint density at radius 2 is 1.90 bits per heavy atom. The number of hydrogen-bond acceptors (Lipinski definition) is 4. The highest BCUT2D eigenvalue weighted by Gasteiger charge is 2.32. The number of aromatic amines is 1. The zero-order valence-electron chi connectivity index (χ0n) is 17.7. The summed E-state index contributed by atoms with van der Waals surface area (Å²) in [5, 5.41) is 2.98. The Labute approximate surface area is 179 Å². The zero-order valence-corrected chi connectivity index (χ0v) is 17.7. The lowest BCUT2D eigenvalue weighted by Gasteiger charge is -2.30. The Bertz CT molecular complexity index is 1000. The van der Waals surface area contributed by atoms with Gasteiger partial charge in [0.1, 0.15) is 0 Å². The van der Waals surface area contributed by atoms with Gasteiger partial charge in [0.15, 0.2) is 0 Å². The molecule has 0 fully saturated rings. The van der Waals surface area contributed by atoms with Crippen molar-refractivity contribution in [2.24, 2.45) is 0 Å². The Kier molecular flexibility index (Phi) is 6.84. The summed E-state index contributed by atoms with van der Waals surface area (Å²) >= 11 is 0. The molecule has 3 rings (SSSR count). The fraction of sp³-hybridized carbons (Fsp3) is 0.364. The molecule has 6 nitrogen and oxygen atoms in total. The van der Waals surface area contributed by atoms with Crippen molar-refractivity contribution in [3.63, 3.8) is 0 Å². The van der Waals surface area contributed by atoms with Crippen LogP contribution in [-0.2, 0) is 11.0 Å². The van der Waals surface area contributed by atoms with Gasteiger partial charge in [0.05, 0.1) is 29.1 Å². The summed E-state index contributed by atoms with van der Waals surface area (Å²) in [4.78, 5) is 23.9. The number of alkyl halides is 3. The SMILES string of the molecule is CNCCN(C)C(=O)CC(c1cccc(C(F)(F)F)c1)N(C)c1nc2ccccc2[nH]1.